The van der Waals surface area contributed by atoms with E-state index >= 15 is 0 Å². The van der Waals surface area contributed by atoms with Gasteiger partial charge in [-0.15, -0.1) is 10.2 Å². The van der Waals surface area contributed by atoms with Gasteiger partial charge >= 0.3 is 0 Å². The Balaban J connectivity index is 2.09. The first kappa shape index (κ1) is 14.5. The molecule has 22 heavy (non-hydrogen) atoms. The van der Waals surface area contributed by atoms with Crippen molar-refractivity contribution in [3.05, 3.63) is 35.3 Å². The summed E-state index contributed by atoms with van der Waals surface area (Å²) in [5.74, 6) is 0.789. The molecule has 2 aromatic heterocycles. The Morgan fingerprint density at radius 2 is 2.00 bits per heavy atom. The summed E-state index contributed by atoms with van der Waals surface area (Å²) < 4.78 is 7.52. The van der Waals surface area contributed by atoms with E-state index in [1.165, 1.54) is 0 Å². The molecule has 6 heteroatoms. The molecule has 0 N–H and O–H groups in total. The molecule has 0 aliphatic carbocycles. The number of nitrogens with zero attached hydrogens (tertiary/aromatic N) is 5. The van der Waals surface area contributed by atoms with Gasteiger partial charge in [-0.25, -0.2) is 0 Å². The zero-order chi connectivity index (χ0) is 15.7. The summed E-state index contributed by atoms with van der Waals surface area (Å²) in [4.78, 5) is 2.18. The second kappa shape index (κ2) is 5.78. The third-order valence-corrected chi connectivity index (χ3v) is 4.04. The van der Waals surface area contributed by atoms with E-state index in [2.05, 4.69) is 28.1 Å². The molecule has 0 spiro atoms. The smallest absolute Gasteiger partial charge is 0.187 e. The van der Waals surface area contributed by atoms with Crippen LogP contribution in [0.25, 0.3) is 5.69 Å². The summed E-state index contributed by atoms with van der Waals surface area (Å²) in [6.07, 6.45) is 0. The second-order valence-corrected chi connectivity index (χ2v) is 5.62. The van der Waals surface area contributed by atoms with Gasteiger partial charge in [-0.3, -0.25) is 0 Å². The van der Waals surface area contributed by atoms with Crippen molar-refractivity contribution in [2.75, 3.05) is 24.7 Å². The average Bonchev–Trinajstić information content (AvgIpc) is 2.86. The van der Waals surface area contributed by atoms with E-state index in [0.29, 0.717) is 18.9 Å². The summed E-state index contributed by atoms with van der Waals surface area (Å²) in [5.41, 5.74) is 3.27. The van der Waals surface area contributed by atoms with Crippen molar-refractivity contribution in [2.24, 2.45) is 0 Å². The number of morpholine rings is 1. The highest BCUT2D eigenvalue weighted by atomic mass is 16.5. The fourth-order valence-corrected chi connectivity index (χ4v) is 2.88. The number of hydrogen-bond acceptors (Lipinski definition) is 5. The van der Waals surface area contributed by atoms with Gasteiger partial charge in [-0.1, -0.05) is 0 Å². The van der Waals surface area contributed by atoms with Gasteiger partial charge in [-0.05, 0) is 32.9 Å². The van der Waals surface area contributed by atoms with Gasteiger partial charge in [0.1, 0.15) is 6.07 Å². The van der Waals surface area contributed by atoms with Crippen LogP contribution in [0.2, 0.25) is 0 Å². The molecule has 6 nitrogen and oxygen atoms in total. The van der Waals surface area contributed by atoms with Crippen molar-refractivity contribution >= 4 is 5.82 Å². The fourth-order valence-electron chi connectivity index (χ4n) is 2.88. The number of nitriles is 1. The standard InChI is InChI=1S/C16H19N5O/c1-11-4-5-12(2)21(11)15-8-16(19-18-14(15)9-17)20-6-7-22-10-13(20)3/h4-5,8,13H,6-7,10H2,1-3H3/t13-/m1/s1. The molecule has 0 aromatic carbocycles. The maximum Gasteiger partial charge on any atom is 0.187 e. The van der Waals surface area contributed by atoms with Crippen LogP contribution in [0.15, 0.2) is 18.2 Å². The van der Waals surface area contributed by atoms with Crippen LogP contribution in [-0.2, 0) is 4.74 Å². The maximum absolute atomic E-state index is 9.35. The number of ether oxygens (including phenoxy) is 1. The van der Waals surface area contributed by atoms with Crippen molar-refractivity contribution in [3.63, 3.8) is 0 Å². The predicted molar refractivity (Wildman–Crippen MR) is 83.2 cm³/mol. The van der Waals surface area contributed by atoms with E-state index in [0.717, 1.165) is 29.4 Å². The molecule has 1 saturated heterocycles. The predicted octanol–water partition coefficient (Wildman–Crippen LogP) is 1.98. The zero-order valence-corrected chi connectivity index (χ0v) is 13.1. The normalized spacial score (nSPS) is 18.3. The van der Waals surface area contributed by atoms with Crippen LogP contribution >= 0.6 is 0 Å². The Morgan fingerprint density at radius 1 is 1.27 bits per heavy atom. The molecule has 0 radical (unpaired) electrons. The van der Waals surface area contributed by atoms with E-state index in [4.69, 9.17) is 4.74 Å². The average molecular weight is 297 g/mol. The van der Waals surface area contributed by atoms with Crippen molar-refractivity contribution in [2.45, 2.75) is 26.8 Å². The summed E-state index contributed by atoms with van der Waals surface area (Å²) in [7, 11) is 0. The molecule has 114 valence electrons. The number of hydrogen-bond donors (Lipinski definition) is 0. The Hall–Kier alpha value is -2.39. The van der Waals surface area contributed by atoms with Crippen molar-refractivity contribution < 1.29 is 4.74 Å². The molecule has 2 aromatic rings. The molecule has 0 unspecified atom stereocenters. The Morgan fingerprint density at radius 3 is 2.64 bits per heavy atom. The van der Waals surface area contributed by atoms with Crippen LogP contribution in [0.1, 0.15) is 24.0 Å². The lowest BCUT2D eigenvalue weighted by atomic mass is 10.2. The first-order chi connectivity index (χ1) is 10.6. The highest BCUT2D eigenvalue weighted by molar-refractivity contribution is 5.54. The lowest BCUT2D eigenvalue weighted by Gasteiger charge is -2.34. The van der Waals surface area contributed by atoms with Crippen LogP contribution in [0.4, 0.5) is 5.82 Å². The molecular formula is C16H19N5O. The number of aryl methyl sites for hydroxylation is 2. The highest BCUT2D eigenvalue weighted by Crippen LogP contribution is 2.24. The van der Waals surface area contributed by atoms with E-state index in [1.54, 1.807) is 0 Å². The molecule has 3 heterocycles. The maximum atomic E-state index is 9.35. The van der Waals surface area contributed by atoms with Gasteiger partial charge in [0.15, 0.2) is 11.5 Å². The lowest BCUT2D eigenvalue weighted by molar-refractivity contribution is 0.0984. The number of rotatable bonds is 2. The molecule has 0 amide bonds. The molecule has 0 bridgehead atoms. The van der Waals surface area contributed by atoms with Crippen molar-refractivity contribution in [1.29, 1.82) is 5.26 Å². The molecule has 3 rings (SSSR count). The third kappa shape index (κ3) is 2.44. The van der Waals surface area contributed by atoms with Crippen LogP contribution in [0, 0.1) is 25.2 Å². The minimum atomic E-state index is 0.246. The van der Waals surface area contributed by atoms with E-state index in [9.17, 15) is 5.26 Å². The Kier molecular flexibility index (Phi) is 3.82. The van der Waals surface area contributed by atoms with E-state index < -0.39 is 0 Å². The Bertz CT molecular complexity index is 711. The fraction of sp³-hybridized carbons (Fsp3) is 0.438. The summed E-state index contributed by atoms with van der Waals surface area (Å²) in [5, 5.41) is 17.7. The number of anilines is 1. The second-order valence-electron chi connectivity index (χ2n) is 5.62. The van der Waals surface area contributed by atoms with Gasteiger partial charge in [0.05, 0.1) is 24.9 Å². The summed E-state index contributed by atoms with van der Waals surface area (Å²) in [6, 6.07) is 8.41. The van der Waals surface area contributed by atoms with Crippen LogP contribution in [-0.4, -0.2) is 40.6 Å². The Labute approximate surface area is 129 Å². The first-order valence-electron chi connectivity index (χ1n) is 7.39. The first-order valence-corrected chi connectivity index (χ1v) is 7.39. The SMILES string of the molecule is Cc1ccc(C)n1-c1cc(N2CCOC[C@H]2C)nnc1C#N. The molecule has 1 aliphatic rings. The minimum absolute atomic E-state index is 0.246. The molecule has 1 aliphatic heterocycles. The third-order valence-electron chi connectivity index (χ3n) is 4.04. The van der Waals surface area contributed by atoms with Gasteiger partial charge in [-0.2, -0.15) is 5.26 Å². The van der Waals surface area contributed by atoms with Crippen molar-refractivity contribution in [3.8, 4) is 11.8 Å². The summed E-state index contributed by atoms with van der Waals surface area (Å²) >= 11 is 0. The van der Waals surface area contributed by atoms with Crippen LogP contribution < -0.4 is 4.90 Å². The number of aromatic nitrogens is 3. The molecule has 1 atom stereocenters. The van der Waals surface area contributed by atoms with Gasteiger partial charge in [0.25, 0.3) is 0 Å². The largest absolute Gasteiger partial charge is 0.377 e. The lowest BCUT2D eigenvalue weighted by Crippen LogP contribution is -2.44. The van der Waals surface area contributed by atoms with E-state index in [-0.39, 0.29) is 6.04 Å². The topological polar surface area (TPSA) is 67.0 Å². The van der Waals surface area contributed by atoms with E-state index in [1.807, 2.05) is 36.6 Å². The monoisotopic (exact) mass is 297 g/mol. The van der Waals surface area contributed by atoms with Gasteiger partial charge in [0.2, 0.25) is 0 Å². The molecule has 1 fully saturated rings. The van der Waals surface area contributed by atoms with Crippen molar-refractivity contribution in [1.82, 2.24) is 14.8 Å². The van der Waals surface area contributed by atoms with Crippen LogP contribution in [0.5, 0.6) is 0 Å². The highest BCUT2D eigenvalue weighted by Gasteiger charge is 2.22. The quantitative estimate of drug-likeness (QED) is 0.848. The molecular weight excluding hydrogens is 278 g/mol. The van der Waals surface area contributed by atoms with Crippen LogP contribution in [0.3, 0.4) is 0 Å². The zero-order valence-electron chi connectivity index (χ0n) is 13.1. The van der Waals surface area contributed by atoms with Gasteiger partial charge in [0, 0.05) is 24.0 Å². The van der Waals surface area contributed by atoms with Gasteiger partial charge < -0.3 is 14.2 Å². The minimum Gasteiger partial charge on any atom is -0.377 e. The molecule has 0 saturated carbocycles. The summed E-state index contributed by atoms with van der Waals surface area (Å²) in [6.45, 7) is 8.29.